The number of likely N-dealkylation sites (N-methyl/N-ethyl adjacent to an activating group) is 1. The summed E-state index contributed by atoms with van der Waals surface area (Å²) >= 11 is 0. The number of nitrogens with one attached hydrogen (secondary N) is 1. The lowest BCUT2D eigenvalue weighted by Crippen LogP contribution is -2.35. The van der Waals surface area contributed by atoms with E-state index >= 15 is 0 Å². The van der Waals surface area contributed by atoms with E-state index in [-0.39, 0.29) is 6.10 Å². The number of fused-ring (bicyclic) bond motifs is 4. The van der Waals surface area contributed by atoms with Crippen LogP contribution < -0.4 is 9.47 Å². The number of hydrogen-bond acceptors (Lipinski definition) is 6. The first kappa shape index (κ1) is 25.0. The van der Waals surface area contributed by atoms with Gasteiger partial charge in [0.2, 0.25) is 11.8 Å². The Balaban J connectivity index is 1.69. The van der Waals surface area contributed by atoms with E-state index in [1.165, 1.54) is 0 Å². The average molecular weight is 508 g/mol. The highest BCUT2D eigenvalue weighted by atomic mass is 19.1. The summed E-state index contributed by atoms with van der Waals surface area (Å²) in [5.41, 5.74) is 5.37. The Morgan fingerprint density at radius 2 is 2.08 bits per heavy atom. The Bertz CT molecular complexity index is 1420. The lowest BCUT2D eigenvalue weighted by molar-refractivity contribution is 0.109. The molecule has 3 aromatic heterocycles. The number of benzene rings is 1. The summed E-state index contributed by atoms with van der Waals surface area (Å²) in [4.78, 5) is 2.06. The van der Waals surface area contributed by atoms with Crippen LogP contribution in [-0.4, -0.2) is 67.1 Å². The van der Waals surface area contributed by atoms with E-state index < -0.39 is 12.8 Å². The molecule has 0 spiro atoms. The van der Waals surface area contributed by atoms with Crippen molar-refractivity contribution in [3.63, 3.8) is 0 Å². The third-order valence-corrected chi connectivity index (χ3v) is 6.43. The minimum Gasteiger partial charge on any atom is -0.473 e. The normalized spacial score (nSPS) is 17.3. The van der Waals surface area contributed by atoms with E-state index in [0.29, 0.717) is 24.8 Å². The number of aromatic amines is 1. The molecule has 1 N–H and O–H groups in total. The molecule has 9 nitrogen and oxygen atoms in total. The van der Waals surface area contributed by atoms with Crippen LogP contribution in [0.3, 0.4) is 0 Å². The fraction of sp³-hybridized carbons (Fsp3) is 0.444. The molecule has 1 aliphatic rings. The van der Waals surface area contributed by atoms with Crippen molar-refractivity contribution in [2.24, 2.45) is 7.05 Å². The number of alkyl halides is 1. The molecule has 196 valence electrons. The Morgan fingerprint density at radius 3 is 2.84 bits per heavy atom. The molecular formula is C27H34FN7O2. The first-order chi connectivity index (χ1) is 17.9. The Kier molecular flexibility index (Phi) is 7.01. The molecule has 1 atom stereocenters. The molecule has 0 amide bonds. The van der Waals surface area contributed by atoms with Crippen LogP contribution in [0.5, 0.6) is 11.8 Å². The van der Waals surface area contributed by atoms with E-state index in [9.17, 15) is 4.39 Å². The predicted molar refractivity (Wildman–Crippen MR) is 142 cm³/mol. The van der Waals surface area contributed by atoms with Gasteiger partial charge in [-0.15, -0.1) is 5.10 Å². The van der Waals surface area contributed by atoms with Gasteiger partial charge in [-0.25, -0.2) is 9.07 Å². The van der Waals surface area contributed by atoms with Crippen LogP contribution in [0.25, 0.3) is 34.2 Å². The third kappa shape index (κ3) is 4.98. The van der Waals surface area contributed by atoms with Gasteiger partial charge < -0.3 is 9.47 Å². The quantitative estimate of drug-likeness (QED) is 0.422. The van der Waals surface area contributed by atoms with E-state index in [0.717, 1.165) is 51.9 Å². The molecule has 0 saturated carbocycles. The monoisotopic (exact) mass is 507 g/mol. The second-order valence-corrected chi connectivity index (χ2v) is 9.84. The molecular weight excluding hydrogens is 473 g/mol. The second-order valence-electron chi connectivity index (χ2n) is 9.84. The smallest absolute Gasteiger partial charge is 0.240 e. The minimum atomic E-state index is -0.662. The number of halogens is 1. The highest BCUT2D eigenvalue weighted by molar-refractivity contribution is 5.93. The number of rotatable bonds is 5. The van der Waals surface area contributed by atoms with Crippen molar-refractivity contribution >= 4 is 23.1 Å². The number of nitrogens with zero attached hydrogens (tertiary/aromatic N) is 6. The molecule has 0 saturated heterocycles. The minimum absolute atomic E-state index is 0.0243. The number of H-pyrrole nitrogens is 1. The Morgan fingerprint density at radius 1 is 1.24 bits per heavy atom. The summed E-state index contributed by atoms with van der Waals surface area (Å²) in [6, 6.07) is 6.01. The van der Waals surface area contributed by atoms with E-state index in [2.05, 4.69) is 33.2 Å². The molecule has 4 heterocycles. The molecule has 10 heteroatoms. The molecule has 1 unspecified atom stereocenters. The van der Waals surface area contributed by atoms with Crippen molar-refractivity contribution in [2.75, 3.05) is 20.3 Å². The van der Waals surface area contributed by atoms with Crippen LogP contribution in [0.2, 0.25) is 0 Å². The van der Waals surface area contributed by atoms with Gasteiger partial charge in [0.15, 0.2) is 0 Å². The zero-order chi connectivity index (χ0) is 26.1. The lowest BCUT2D eigenvalue weighted by Gasteiger charge is -2.24. The van der Waals surface area contributed by atoms with Gasteiger partial charge in [0, 0.05) is 32.1 Å². The SMILES string of the molecule is CCCn1nc(OC(C)C)c2c1CN(C)CC(CF)Oc1c(cnn1C)-c1ccc3n[nH]c(c3c1)/C=C/2. The van der Waals surface area contributed by atoms with Gasteiger partial charge in [0.25, 0.3) is 0 Å². The maximum Gasteiger partial charge on any atom is 0.240 e. The third-order valence-electron chi connectivity index (χ3n) is 6.43. The molecule has 5 rings (SSSR count). The van der Waals surface area contributed by atoms with Crippen molar-refractivity contribution < 1.29 is 13.9 Å². The standard InChI is InChI=1S/C27H34FN7O2/c1-6-11-35-25-16-33(4)15-19(13-28)37-27-22(14-29-34(27)5)18-7-9-23-21(12-18)24(31-30-23)10-8-20(25)26(32-35)36-17(2)3/h7-10,12,14,17,19H,6,11,13,15-16H2,1-5H3,(H,30,31)/b10-8+. The molecule has 4 aromatic rings. The van der Waals surface area contributed by atoms with Crippen LogP contribution in [0.1, 0.15) is 44.1 Å². The first-order valence-electron chi connectivity index (χ1n) is 12.7. The van der Waals surface area contributed by atoms with Gasteiger partial charge >= 0.3 is 0 Å². The zero-order valence-corrected chi connectivity index (χ0v) is 22.0. The summed E-state index contributed by atoms with van der Waals surface area (Å²) in [5.74, 6) is 1.13. The zero-order valence-electron chi connectivity index (χ0n) is 22.0. The summed E-state index contributed by atoms with van der Waals surface area (Å²) in [5, 5.41) is 17.8. The van der Waals surface area contributed by atoms with Gasteiger partial charge in [-0.3, -0.25) is 14.7 Å². The van der Waals surface area contributed by atoms with Crippen molar-refractivity contribution in [3.05, 3.63) is 41.3 Å². The van der Waals surface area contributed by atoms with Gasteiger partial charge in [-0.05, 0) is 57.2 Å². The molecule has 1 aromatic carbocycles. The van der Waals surface area contributed by atoms with Crippen molar-refractivity contribution in [2.45, 2.75) is 52.5 Å². The maximum absolute atomic E-state index is 14.2. The van der Waals surface area contributed by atoms with Crippen molar-refractivity contribution in [1.29, 1.82) is 0 Å². The fourth-order valence-electron chi connectivity index (χ4n) is 4.73. The van der Waals surface area contributed by atoms with Gasteiger partial charge in [-0.2, -0.15) is 10.2 Å². The van der Waals surface area contributed by atoms with Crippen LogP contribution >= 0.6 is 0 Å². The number of aryl methyl sites for hydroxylation is 2. The maximum atomic E-state index is 14.2. The van der Waals surface area contributed by atoms with E-state index in [4.69, 9.17) is 14.6 Å². The van der Waals surface area contributed by atoms with Crippen molar-refractivity contribution in [3.8, 4) is 22.9 Å². The van der Waals surface area contributed by atoms with Crippen LogP contribution in [-0.2, 0) is 20.1 Å². The first-order valence-corrected chi connectivity index (χ1v) is 12.7. The molecule has 37 heavy (non-hydrogen) atoms. The number of aromatic nitrogens is 6. The molecule has 0 fully saturated rings. The largest absolute Gasteiger partial charge is 0.473 e. The number of ether oxygens (including phenoxy) is 2. The van der Waals surface area contributed by atoms with E-state index in [1.807, 2.05) is 56.9 Å². The van der Waals surface area contributed by atoms with Crippen LogP contribution in [0, 0.1) is 0 Å². The summed E-state index contributed by atoms with van der Waals surface area (Å²) in [7, 11) is 3.78. The highest BCUT2D eigenvalue weighted by Crippen LogP contribution is 2.34. The second kappa shape index (κ2) is 10.4. The average Bonchev–Trinajstić information content (AvgIpc) is 3.52. The van der Waals surface area contributed by atoms with Gasteiger partial charge in [0.1, 0.15) is 12.8 Å². The number of hydrogen-bond donors (Lipinski definition) is 1. The molecule has 1 aliphatic heterocycles. The fourth-order valence-corrected chi connectivity index (χ4v) is 4.73. The summed E-state index contributed by atoms with van der Waals surface area (Å²) < 4.78 is 30.3. The predicted octanol–water partition coefficient (Wildman–Crippen LogP) is 4.69. The van der Waals surface area contributed by atoms with E-state index in [1.54, 1.807) is 10.9 Å². The highest BCUT2D eigenvalue weighted by Gasteiger charge is 2.24. The van der Waals surface area contributed by atoms with Gasteiger partial charge in [-0.1, -0.05) is 13.0 Å². The van der Waals surface area contributed by atoms with Crippen LogP contribution in [0.4, 0.5) is 4.39 Å². The molecule has 0 radical (unpaired) electrons. The van der Waals surface area contributed by atoms with Crippen LogP contribution in [0.15, 0.2) is 24.4 Å². The Labute approximate surface area is 215 Å². The molecule has 2 bridgehead atoms. The lowest BCUT2D eigenvalue weighted by atomic mass is 10.1. The van der Waals surface area contributed by atoms with Gasteiger partial charge in [0.05, 0.1) is 40.3 Å². The van der Waals surface area contributed by atoms with Crippen molar-refractivity contribution in [1.82, 2.24) is 34.7 Å². The summed E-state index contributed by atoms with van der Waals surface area (Å²) in [6.45, 7) is 7.19. The molecule has 0 aliphatic carbocycles. The Hall–Kier alpha value is -3.66. The summed E-state index contributed by atoms with van der Waals surface area (Å²) in [6.07, 6.45) is 6.06. The topological polar surface area (TPSA) is 86.0 Å².